The number of carbonyl (C=O) groups is 2. The van der Waals surface area contributed by atoms with Crippen LogP contribution >= 0.6 is 23.2 Å². The summed E-state index contributed by atoms with van der Waals surface area (Å²) < 4.78 is 70.8. The highest BCUT2D eigenvalue weighted by Gasteiger charge is 2.37. The van der Waals surface area contributed by atoms with Crippen LogP contribution in [-0.4, -0.2) is 44.3 Å². The van der Waals surface area contributed by atoms with Crippen LogP contribution in [-0.2, 0) is 38.8 Å². The SMILES string of the molecule is Cc1ccc(S(=O)(=O)N(CC(=O)N(Cc2ccc(Cl)cc2)[C@H](Cc2ccccc2)C(=O)NCC(C)C)c2ccc(Cl)c(C(F)(F)F)c2)cc1. The van der Waals surface area contributed by atoms with Gasteiger partial charge in [0.05, 0.1) is 21.2 Å². The van der Waals surface area contributed by atoms with E-state index in [1.807, 2.05) is 19.9 Å². The van der Waals surface area contributed by atoms with E-state index in [0.29, 0.717) is 27.5 Å². The van der Waals surface area contributed by atoms with Crippen molar-refractivity contribution in [2.45, 2.75) is 50.9 Å². The summed E-state index contributed by atoms with van der Waals surface area (Å²) >= 11 is 12.0. The lowest BCUT2D eigenvalue weighted by Gasteiger charge is -2.34. The fourth-order valence-corrected chi connectivity index (χ4v) is 6.77. The second-order valence-electron chi connectivity index (χ2n) is 12.0. The van der Waals surface area contributed by atoms with Gasteiger partial charge in [0.2, 0.25) is 11.8 Å². The third-order valence-corrected chi connectivity index (χ3v) is 10.0. The quantitative estimate of drug-likeness (QED) is 0.151. The number of anilines is 1. The van der Waals surface area contributed by atoms with Gasteiger partial charge in [0, 0.05) is 24.5 Å². The van der Waals surface area contributed by atoms with Crippen molar-refractivity contribution >= 4 is 50.7 Å². The van der Waals surface area contributed by atoms with Gasteiger partial charge in [-0.3, -0.25) is 13.9 Å². The monoisotopic (exact) mass is 733 g/mol. The van der Waals surface area contributed by atoms with Crippen LogP contribution in [0.5, 0.6) is 0 Å². The largest absolute Gasteiger partial charge is 0.417 e. The predicted molar refractivity (Wildman–Crippen MR) is 186 cm³/mol. The summed E-state index contributed by atoms with van der Waals surface area (Å²) in [6, 6.07) is 22.8. The number of sulfonamides is 1. The van der Waals surface area contributed by atoms with Gasteiger partial charge in [0.1, 0.15) is 12.6 Å². The number of rotatable bonds is 13. The minimum absolute atomic E-state index is 0.0774. The molecule has 0 saturated heterocycles. The standard InChI is InChI=1S/C36H36Cl2F3N3O4S/c1-24(2)21-42-35(46)33(19-26-7-5-4-6-8-26)43(22-27-11-13-28(37)14-12-27)34(45)23-44(49(47,48)30-16-9-25(3)10-17-30)29-15-18-32(38)31(20-29)36(39,40)41/h4-18,20,24,33H,19,21-23H2,1-3H3,(H,42,46)/t33-/m1/s1. The molecule has 13 heteroatoms. The fraction of sp³-hybridized carbons (Fsp3) is 0.278. The topological polar surface area (TPSA) is 86.8 Å². The molecule has 2 amide bonds. The number of aryl methyl sites for hydroxylation is 1. The second-order valence-corrected chi connectivity index (χ2v) is 14.7. The third kappa shape index (κ3) is 9.99. The van der Waals surface area contributed by atoms with Crippen molar-refractivity contribution in [1.82, 2.24) is 10.2 Å². The van der Waals surface area contributed by atoms with E-state index < -0.39 is 56.9 Å². The summed E-state index contributed by atoms with van der Waals surface area (Å²) in [5.41, 5.74) is 0.374. The molecule has 0 radical (unpaired) electrons. The predicted octanol–water partition coefficient (Wildman–Crippen LogP) is 7.93. The Morgan fingerprint density at radius 3 is 2.08 bits per heavy atom. The first-order chi connectivity index (χ1) is 23.1. The van der Waals surface area contributed by atoms with Crippen molar-refractivity contribution < 1.29 is 31.2 Å². The molecule has 1 N–H and O–H groups in total. The van der Waals surface area contributed by atoms with Crippen LogP contribution in [0.2, 0.25) is 10.0 Å². The highest BCUT2D eigenvalue weighted by molar-refractivity contribution is 7.92. The molecule has 0 heterocycles. The molecule has 0 aliphatic carbocycles. The van der Waals surface area contributed by atoms with Crippen molar-refractivity contribution in [3.8, 4) is 0 Å². The highest BCUT2D eigenvalue weighted by atomic mass is 35.5. The summed E-state index contributed by atoms with van der Waals surface area (Å²) in [4.78, 5) is 29.4. The maximum absolute atomic E-state index is 14.5. The number of nitrogens with one attached hydrogen (secondary N) is 1. The molecule has 0 saturated carbocycles. The van der Waals surface area contributed by atoms with Crippen LogP contribution in [0.15, 0.2) is 102 Å². The molecule has 0 unspecified atom stereocenters. The Hall–Kier alpha value is -4.06. The molecule has 4 aromatic rings. The Bertz CT molecular complexity index is 1860. The fourth-order valence-electron chi connectivity index (χ4n) is 5.01. The average molecular weight is 735 g/mol. The first-order valence-corrected chi connectivity index (χ1v) is 17.6. The van der Waals surface area contributed by atoms with E-state index in [0.717, 1.165) is 23.3 Å². The maximum atomic E-state index is 14.5. The number of hydrogen-bond acceptors (Lipinski definition) is 4. The molecular formula is C36H36Cl2F3N3O4S. The Morgan fingerprint density at radius 1 is 0.857 bits per heavy atom. The van der Waals surface area contributed by atoms with E-state index in [1.54, 1.807) is 55.5 Å². The molecule has 0 aliphatic rings. The first-order valence-electron chi connectivity index (χ1n) is 15.4. The van der Waals surface area contributed by atoms with Crippen LogP contribution in [0.1, 0.15) is 36.1 Å². The van der Waals surface area contributed by atoms with Gasteiger partial charge in [-0.2, -0.15) is 13.2 Å². The van der Waals surface area contributed by atoms with E-state index >= 15 is 0 Å². The van der Waals surface area contributed by atoms with Gasteiger partial charge in [-0.15, -0.1) is 0 Å². The van der Waals surface area contributed by atoms with Crippen molar-refractivity contribution in [2.75, 3.05) is 17.4 Å². The average Bonchev–Trinajstić information content (AvgIpc) is 3.05. The molecule has 0 fully saturated rings. The third-order valence-electron chi connectivity index (χ3n) is 7.65. The maximum Gasteiger partial charge on any atom is 0.417 e. The summed E-state index contributed by atoms with van der Waals surface area (Å²) in [6.45, 7) is 4.84. The minimum atomic E-state index is -4.91. The number of carbonyl (C=O) groups excluding carboxylic acids is 2. The molecule has 0 aromatic heterocycles. The summed E-state index contributed by atoms with van der Waals surface area (Å²) in [6.07, 6.45) is -4.83. The number of hydrogen-bond donors (Lipinski definition) is 1. The van der Waals surface area contributed by atoms with Crippen molar-refractivity contribution in [2.24, 2.45) is 5.92 Å². The number of alkyl halides is 3. The van der Waals surface area contributed by atoms with E-state index in [9.17, 15) is 31.2 Å². The number of benzene rings is 4. The molecule has 4 aromatic carbocycles. The number of halogens is 5. The van der Waals surface area contributed by atoms with Crippen LogP contribution in [0.3, 0.4) is 0 Å². The first kappa shape index (κ1) is 37.8. The summed E-state index contributed by atoms with van der Waals surface area (Å²) in [5.74, 6) is -1.21. The number of nitrogens with zero attached hydrogens (tertiary/aromatic N) is 2. The normalized spacial score (nSPS) is 12.4. The van der Waals surface area contributed by atoms with Gasteiger partial charge in [0.15, 0.2) is 0 Å². The lowest BCUT2D eigenvalue weighted by atomic mass is 10.0. The van der Waals surface area contributed by atoms with Gasteiger partial charge in [-0.1, -0.05) is 97.2 Å². The molecule has 49 heavy (non-hydrogen) atoms. The highest BCUT2D eigenvalue weighted by Crippen LogP contribution is 2.38. The zero-order valence-electron chi connectivity index (χ0n) is 27.0. The summed E-state index contributed by atoms with van der Waals surface area (Å²) in [7, 11) is -4.62. The molecule has 4 rings (SSSR count). The Labute approximate surface area is 294 Å². The zero-order valence-corrected chi connectivity index (χ0v) is 29.4. The molecule has 260 valence electrons. The van der Waals surface area contributed by atoms with Gasteiger partial charge in [-0.25, -0.2) is 8.42 Å². The van der Waals surface area contributed by atoms with Crippen LogP contribution in [0.25, 0.3) is 0 Å². The van der Waals surface area contributed by atoms with Crippen LogP contribution in [0, 0.1) is 12.8 Å². The van der Waals surface area contributed by atoms with E-state index in [4.69, 9.17) is 23.2 Å². The van der Waals surface area contributed by atoms with Gasteiger partial charge < -0.3 is 10.2 Å². The van der Waals surface area contributed by atoms with Gasteiger partial charge in [-0.05, 0) is 66.4 Å². The van der Waals surface area contributed by atoms with Crippen molar-refractivity contribution in [3.05, 3.63) is 129 Å². The summed E-state index contributed by atoms with van der Waals surface area (Å²) in [5, 5.41) is 2.69. The van der Waals surface area contributed by atoms with Crippen molar-refractivity contribution in [1.29, 1.82) is 0 Å². The Balaban J connectivity index is 1.86. The zero-order chi connectivity index (χ0) is 35.9. The lowest BCUT2D eigenvalue weighted by Crippen LogP contribution is -2.53. The van der Waals surface area contributed by atoms with Crippen molar-refractivity contribution in [3.63, 3.8) is 0 Å². The Morgan fingerprint density at radius 2 is 1.49 bits per heavy atom. The smallest absolute Gasteiger partial charge is 0.354 e. The van der Waals surface area contributed by atoms with E-state index in [-0.39, 0.29) is 23.8 Å². The molecule has 7 nitrogen and oxygen atoms in total. The van der Waals surface area contributed by atoms with E-state index in [2.05, 4.69) is 5.32 Å². The second kappa shape index (κ2) is 16.1. The Kier molecular flexibility index (Phi) is 12.4. The minimum Gasteiger partial charge on any atom is -0.354 e. The molecule has 1 atom stereocenters. The number of amides is 2. The van der Waals surface area contributed by atoms with E-state index in [1.165, 1.54) is 29.2 Å². The molecule has 0 bridgehead atoms. The molecule has 0 aliphatic heterocycles. The van der Waals surface area contributed by atoms with Gasteiger partial charge in [0.25, 0.3) is 10.0 Å². The molecular weight excluding hydrogens is 698 g/mol. The molecule has 0 spiro atoms. The van der Waals surface area contributed by atoms with Gasteiger partial charge >= 0.3 is 6.18 Å². The lowest BCUT2D eigenvalue weighted by molar-refractivity contribution is -0.140. The van der Waals surface area contributed by atoms with Crippen LogP contribution in [0.4, 0.5) is 18.9 Å². The van der Waals surface area contributed by atoms with Crippen LogP contribution < -0.4 is 9.62 Å².